The third-order valence-corrected chi connectivity index (χ3v) is 5.15. The molecule has 0 atom stereocenters. The Morgan fingerprint density at radius 2 is 2.22 bits per heavy atom. The molecule has 1 N–H and O–H groups in total. The molecule has 23 heavy (non-hydrogen) atoms. The smallest absolute Gasteiger partial charge is 0.252 e. The van der Waals surface area contributed by atoms with Crippen LogP contribution in [0.2, 0.25) is 0 Å². The van der Waals surface area contributed by atoms with E-state index in [1.54, 1.807) is 23.7 Å². The van der Waals surface area contributed by atoms with Crippen LogP contribution < -0.4 is 5.32 Å². The van der Waals surface area contributed by atoms with Crippen LogP contribution in [-0.2, 0) is 6.42 Å². The number of halogens is 1. The fourth-order valence-corrected chi connectivity index (χ4v) is 3.81. The molecule has 0 radical (unpaired) electrons. The molecule has 0 aromatic carbocycles. The first-order chi connectivity index (χ1) is 11.0. The molecular weight excluding hydrogens is 376 g/mol. The Morgan fingerprint density at radius 1 is 1.39 bits per heavy atom. The lowest BCUT2D eigenvalue weighted by Gasteiger charge is -2.07. The molecule has 0 saturated carbocycles. The highest BCUT2D eigenvalue weighted by molar-refractivity contribution is 9.11. The fraction of sp³-hybridized carbons (Fsp3) is 0.312. The number of carbonyl (C=O) groups excluding carboxylic acids is 1. The number of pyridine rings is 1. The fourth-order valence-electron chi connectivity index (χ4n) is 2.33. The number of carbonyl (C=O) groups is 1. The highest BCUT2D eigenvalue weighted by Crippen LogP contribution is 2.22. The molecule has 0 fully saturated rings. The minimum Gasteiger partial charge on any atom is -0.352 e. The molecular formula is C16H17BrN4OS. The Hall–Kier alpha value is -1.73. The summed E-state index contributed by atoms with van der Waals surface area (Å²) in [6, 6.07) is 6.16. The van der Waals surface area contributed by atoms with E-state index in [9.17, 15) is 4.79 Å². The monoisotopic (exact) mass is 392 g/mol. The van der Waals surface area contributed by atoms with Crippen molar-refractivity contribution in [3.63, 3.8) is 0 Å². The van der Waals surface area contributed by atoms with E-state index in [0.717, 1.165) is 21.2 Å². The van der Waals surface area contributed by atoms with Crippen molar-refractivity contribution in [2.45, 2.75) is 26.3 Å². The average molecular weight is 393 g/mol. The van der Waals surface area contributed by atoms with Gasteiger partial charge in [-0.15, -0.1) is 11.3 Å². The van der Waals surface area contributed by atoms with Crippen molar-refractivity contribution < 1.29 is 4.79 Å². The van der Waals surface area contributed by atoms with Crippen LogP contribution in [0.1, 0.15) is 35.1 Å². The largest absolute Gasteiger partial charge is 0.352 e. The normalized spacial score (nSPS) is 11.3. The Kier molecular flexibility index (Phi) is 4.77. The van der Waals surface area contributed by atoms with Crippen molar-refractivity contribution >= 4 is 44.2 Å². The summed E-state index contributed by atoms with van der Waals surface area (Å²) >= 11 is 5.12. The van der Waals surface area contributed by atoms with Gasteiger partial charge in [-0.05, 0) is 54.4 Å². The van der Waals surface area contributed by atoms with Gasteiger partial charge in [-0.1, -0.05) is 0 Å². The predicted octanol–water partition coefficient (Wildman–Crippen LogP) is 3.81. The topological polar surface area (TPSA) is 59.8 Å². The van der Waals surface area contributed by atoms with Gasteiger partial charge in [0.15, 0.2) is 5.65 Å². The number of fused-ring (bicyclic) bond motifs is 1. The number of aromatic nitrogens is 3. The molecule has 0 spiro atoms. The van der Waals surface area contributed by atoms with Crippen LogP contribution in [0.5, 0.6) is 0 Å². The summed E-state index contributed by atoms with van der Waals surface area (Å²) in [7, 11) is 0. The predicted molar refractivity (Wildman–Crippen MR) is 96.0 cm³/mol. The van der Waals surface area contributed by atoms with Gasteiger partial charge in [0.1, 0.15) is 0 Å². The first-order valence-corrected chi connectivity index (χ1v) is 9.01. The van der Waals surface area contributed by atoms with Crippen molar-refractivity contribution in [1.29, 1.82) is 0 Å². The van der Waals surface area contributed by atoms with E-state index in [2.05, 4.69) is 51.2 Å². The van der Waals surface area contributed by atoms with Gasteiger partial charge in [0.25, 0.3) is 5.91 Å². The minimum absolute atomic E-state index is 0.104. The van der Waals surface area contributed by atoms with E-state index in [0.29, 0.717) is 12.1 Å². The number of nitrogens with zero attached hydrogens (tertiary/aromatic N) is 3. The average Bonchev–Trinajstić information content (AvgIpc) is 3.12. The Morgan fingerprint density at radius 3 is 2.91 bits per heavy atom. The van der Waals surface area contributed by atoms with E-state index in [4.69, 9.17) is 0 Å². The second-order valence-corrected chi connectivity index (χ2v) is 8.08. The second-order valence-electron chi connectivity index (χ2n) is 5.53. The zero-order valence-corrected chi connectivity index (χ0v) is 15.3. The minimum atomic E-state index is -0.104. The first kappa shape index (κ1) is 16.1. The molecule has 3 aromatic rings. The van der Waals surface area contributed by atoms with Crippen LogP contribution in [0.4, 0.5) is 0 Å². The standard InChI is InChI=1S/C16H17BrN4OS/c1-10(2)21-15-11(9-20-21)7-12(8-19-15)16(22)18-6-5-13-3-4-14(17)23-13/h3-4,7-10H,5-6H2,1-2H3,(H,18,22). The number of hydrogen-bond donors (Lipinski definition) is 1. The molecule has 120 valence electrons. The maximum absolute atomic E-state index is 12.2. The van der Waals surface area contributed by atoms with E-state index < -0.39 is 0 Å². The number of amides is 1. The molecule has 0 aliphatic heterocycles. The number of rotatable bonds is 5. The zero-order valence-electron chi connectivity index (χ0n) is 12.9. The van der Waals surface area contributed by atoms with Crippen molar-refractivity contribution in [1.82, 2.24) is 20.1 Å². The van der Waals surface area contributed by atoms with Gasteiger partial charge < -0.3 is 5.32 Å². The van der Waals surface area contributed by atoms with E-state index >= 15 is 0 Å². The third kappa shape index (κ3) is 3.61. The molecule has 0 bridgehead atoms. The number of nitrogens with one attached hydrogen (secondary N) is 1. The van der Waals surface area contributed by atoms with Gasteiger partial charge >= 0.3 is 0 Å². The molecule has 1 amide bonds. The first-order valence-electron chi connectivity index (χ1n) is 7.40. The molecule has 3 rings (SSSR count). The Bertz CT molecular complexity index is 840. The third-order valence-electron chi connectivity index (χ3n) is 3.47. The van der Waals surface area contributed by atoms with Gasteiger partial charge in [-0.3, -0.25) is 4.79 Å². The maximum Gasteiger partial charge on any atom is 0.252 e. The number of hydrogen-bond acceptors (Lipinski definition) is 4. The van der Waals surface area contributed by atoms with Crippen LogP contribution in [0, 0.1) is 0 Å². The highest BCUT2D eigenvalue weighted by atomic mass is 79.9. The molecule has 3 heterocycles. The second kappa shape index (κ2) is 6.80. The van der Waals surface area contributed by atoms with Crippen molar-refractivity contribution in [3.8, 4) is 0 Å². The van der Waals surface area contributed by atoms with Crippen molar-refractivity contribution in [2.24, 2.45) is 0 Å². The molecule has 0 unspecified atom stereocenters. The molecule has 7 heteroatoms. The Labute approximate surface area is 146 Å². The number of thiophene rings is 1. The highest BCUT2D eigenvalue weighted by Gasteiger charge is 2.11. The van der Waals surface area contributed by atoms with E-state index in [1.165, 1.54) is 4.88 Å². The lowest BCUT2D eigenvalue weighted by molar-refractivity contribution is 0.0954. The van der Waals surface area contributed by atoms with E-state index in [1.807, 2.05) is 16.8 Å². The van der Waals surface area contributed by atoms with Crippen LogP contribution in [0.25, 0.3) is 11.0 Å². The lowest BCUT2D eigenvalue weighted by atomic mass is 10.2. The lowest BCUT2D eigenvalue weighted by Crippen LogP contribution is -2.25. The summed E-state index contributed by atoms with van der Waals surface area (Å²) in [6.45, 7) is 4.71. The quantitative estimate of drug-likeness (QED) is 0.717. The van der Waals surface area contributed by atoms with Gasteiger partial charge in [0, 0.05) is 29.0 Å². The summed E-state index contributed by atoms with van der Waals surface area (Å²) in [5.74, 6) is -0.104. The Balaban J connectivity index is 1.66. The molecule has 0 saturated heterocycles. The van der Waals surface area contributed by atoms with Crippen LogP contribution >= 0.6 is 27.3 Å². The van der Waals surface area contributed by atoms with Crippen molar-refractivity contribution in [3.05, 3.63) is 44.8 Å². The van der Waals surface area contributed by atoms with Gasteiger partial charge in [-0.2, -0.15) is 5.10 Å². The van der Waals surface area contributed by atoms with Gasteiger partial charge in [0.2, 0.25) is 0 Å². The summed E-state index contributed by atoms with van der Waals surface area (Å²) in [5.41, 5.74) is 1.37. The zero-order chi connectivity index (χ0) is 16.4. The van der Waals surface area contributed by atoms with Crippen LogP contribution in [0.3, 0.4) is 0 Å². The molecule has 0 aliphatic rings. The summed E-state index contributed by atoms with van der Waals surface area (Å²) in [5, 5.41) is 8.14. The van der Waals surface area contributed by atoms with E-state index in [-0.39, 0.29) is 11.9 Å². The van der Waals surface area contributed by atoms with Crippen molar-refractivity contribution in [2.75, 3.05) is 6.54 Å². The SMILES string of the molecule is CC(C)n1ncc2cc(C(=O)NCCc3ccc(Br)s3)cnc21. The maximum atomic E-state index is 12.2. The van der Waals surface area contributed by atoms with Gasteiger partial charge in [-0.25, -0.2) is 9.67 Å². The summed E-state index contributed by atoms with van der Waals surface area (Å²) in [4.78, 5) is 17.9. The summed E-state index contributed by atoms with van der Waals surface area (Å²) < 4.78 is 2.96. The van der Waals surface area contributed by atoms with Crippen LogP contribution in [-0.4, -0.2) is 27.2 Å². The summed E-state index contributed by atoms with van der Waals surface area (Å²) in [6.07, 6.45) is 4.19. The van der Waals surface area contributed by atoms with Crippen LogP contribution in [0.15, 0.2) is 34.4 Å². The molecule has 3 aromatic heterocycles. The van der Waals surface area contributed by atoms with Gasteiger partial charge in [0.05, 0.1) is 15.5 Å². The molecule has 0 aliphatic carbocycles. The molecule has 5 nitrogen and oxygen atoms in total.